The molecule has 0 bridgehead atoms. The molecule has 0 aliphatic rings. The van der Waals surface area contributed by atoms with Crippen molar-refractivity contribution in [1.82, 2.24) is 20.2 Å². The standard InChI is InChI=1S/C20H23N7O/c1-5-15-12-18(27-26-15)24-19-13(2)11-16(21-4)20(25-19)23-9-10-28-17-7-6-8-22-14(17)3/h6-8,11-12H,5,9-10H2,1-3H3,(H3,23,24,25,26,27). The number of aromatic amines is 1. The third-order valence-corrected chi connectivity index (χ3v) is 4.18. The normalized spacial score (nSPS) is 10.4. The monoisotopic (exact) mass is 377 g/mol. The number of anilines is 3. The van der Waals surface area contributed by atoms with Crippen LogP contribution in [0.25, 0.3) is 4.85 Å². The fourth-order valence-corrected chi connectivity index (χ4v) is 2.62. The highest BCUT2D eigenvalue weighted by molar-refractivity contribution is 5.72. The number of hydrogen-bond acceptors (Lipinski definition) is 6. The van der Waals surface area contributed by atoms with Gasteiger partial charge in [-0.3, -0.25) is 10.1 Å². The lowest BCUT2D eigenvalue weighted by Gasteiger charge is -2.13. The van der Waals surface area contributed by atoms with E-state index in [1.54, 1.807) is 6.20 Å². The minimum atomic E-state index is 0.432. The van der Waals surface area contributed by atoms with Crippen LogP contribution in [0, 0.1) is 20.4 Å². The Bertz CT molecular complexity index is 990. The van der Waals surface area contributed by atoms with Crippen molar-refractivity contribution in [2.75, 3.05) is 23.8 Å². The lowest BCUT2D eigenvalue weighted by atomic mass is 10.2. The summed E-state index contributed by atoms with van der Waals surface area (Å²) in [5, 5.41) is 13.6. The van der Waals surface area contributed by atoms with Gasteiger partial charge in [0.15, 0.2) is 5.82 Å². The number of nitrogens with zero attached hydrogens (tertiary/aromatic N) is 4. The molecule has 0 aromatic carbocycles. The van der Waals surface area contributed by atoms with Gasteiger partial charge in [0.05, 0.1) is 12.3 Å². The summed E-state index contributed by atoms with van der Waals surface area (Å²) in [7, 11) is 0. The maximum absolute atomic E-state index is 7.41. The van der Waals surface area contributed by atoms with Crippen molar-refractivity contribution in [1.29, 1.82) is 0 Å². The van der Waals surface area contributed by atoms with Crippen LogP contribution in [0.2, 0.25) is 0 Å². The van der Waals surface area contributed by atoms with Gasteiger partial charge in [0.25, 0.3) is 0 Å². The van der Waals surface area contributed by atoms with Crippen molar-refractivity contribution in [3.05, 3.63) is 58.8 Å². The van der Waals surface area contributed by atoms with Gasteiger partial charge in [-0.1, -0.05) is 6.92 Å². The molecule has 8 heteroatoms. The topological polar surface area (TPSA) is 92.1 Å². The molecule has 3 aromatic heterocycles. The van der Waals surface area contributed by atoms with Gasteiger partial charge in [-0.2, -0.15) is 5.10 Å². The molecule has 0 atom stereocenters. The van der Waals surface area contributed by atoms with E-state index >= 15 is 0 Å². The van der Waals surface area contributed by atoms with Gasteiger partial charge in [0, 0.05) is 24.5 Å². The predicted molar refractivity (Wildman–Crippen MR) is 109 cm³/mol. The number of rotatable bonds is 8. The lowest BCUT2D eigenvalue weighted by molar-refractivity contribution is 0.329. The molecule has 3 aromatic rings. The van der Waals surface area contributed by atoms with E-state index in [4.69, 9.17) is 11.3 Å². The van der Waals surface area contributed by atoms with Crippen LogP contribution < -0.4 is 15.4 Å². The summed E-state index contributed by atoms with van der Waals surface area (Å²) >= 11 is 0. The zero-order valence-electron chi connectivity index (χ0n) is 16.2. The van der Waals surface area contributed by atoms with E-state index in [9.17, 15) is 0 Å². The van der Waals surface area contributed by atoms with Crippen LogP contribution in [0.15, 0.2) is 30.5 Å². The van der Waals surface area contributed by atoms with Crippen molar-refractivity contribution in [2.45, 2.75) is 27.2 Å². The summed E-state index contributed by atoms with van der Waals surface area (Å²) in [5.74, 6) is 2.62. The van der Waals surface area contributed by atoms with Gasteiger partial charge >= 0.3 is 0 Å². The van der Waals surface area contributed by atoms with Crippen molar-refractivity contribution in [3.63, 3.8) is 0 Å². The molecule has 3 rings (SSSR count). The van der Waals surface area contributed by atoms with Gasteiger partial charge in [-0.05, 0) is 44.0 Å². The van der Waals surface area contributed by atoms with Crippen molar-refractivity contribution in [2.24, 2.45) is 0 Å². The molecule has 8 nitrogen and oxygen atoms in total. The molecule has 0 fully saturated rings. The van der Waals surface area contributed by atoms with Gasteiger partial charge in [0.2, 0.25) is 5.69 Å². The summed E-state index contributed by atoms with van der Waals surface area (Å²) < 4.78 is 5.74. The molecule has 0 amide bonds. The van der Waals surface area contributed by atoms with E-state index in [-0.39, 0.29) is 0 Å². The van der Waals surface area contributed by atoms with Crippen LogP contribution in [0.4, 0.5) is 23.1 Å². The maximum Gasteiger partial charge on any atom is 0.228 e. The molecule has 0 aliphatic heterocycles. The smallest absolute Gasteiger partial charge is 0.228 e. The summed E-state index contributed by atoms with van der Waals surface area (Å²) in [4.78, 5) is 12.3. The van der Waals surface area contributed by atoms with Gasteiger partial charge in [0.1, 0.15) is 24.0 Å². The van der Waals surface area contributed by atoms with Crippen LogP contribution in [-0.4, -0.2) is 33.3 Å². The maximum atomic E-state index is 7.41. The lowest BCUT2D eigenvalue weighted by Crippen LogP contribution is -2.13. The fraction of sp³-hybridized carbons (Fsp3) is 0.300. The molecular formula is C20H23N7O. The molecule has 0 aliphatic carbocycles. The fourth-order valence-electron chi connectivity index (χ4n) is 2.62. The number of ether oxygens (including phenoxy) is 1. The predicted octanol–water partition coefficient (Wildman–Crippen LogP) is 4.16. The van der Waals surface area contributed by atoms with E-state index in [0.29, 0.717) is 36.3 Å². The minimum absolute atomic E-state index is 0.432. The third kappa shape index (κ3) is 4.57. The summed E-state index contributed by atoms with van der Waals surface area (Å²) in [5.41, 5.74) is 3.23. The largest absolute Gasteiger partial charge is 0.490 e. The number of hydrogen-bond donors (Lipinski definition) is 3. The Morgan fingerprint density at radius 1 is 1.25 bits per heavy atom. The number of nitrogens with one attached hydrogen (secondary N) is 3. The summed E-state index contributed by atoms with van der Waals surface area (Å²) in [6.07, 6.45) is 2.61. The second-order valence-corrected chi connectivity index (χ2v) is 6.25. The highest BCUT2D eigenvalue weighted by Gasteiger charge is 2.11. The first-order valence-corrected chi connectivity index (χ1v) is 9.09. The molecular weight excluding hydrogens is 354 g/mol. The summed E-state index contributed by atoms with van der Waals surface area (Å²) in [6.45, 7) is 14.2. The molecule has 0 unspecified atom stereocenters. The SMILES string of the molecule is [C-]#[N+]c1cc(C)c(Nc2cc(CC)[nH]n2)nc1NCCOc1cccnc1C. The molecule has 0 saturated heterocycles. The van der Waals surface area contributed by atoms with E-state index in [2.05, 4.69) is 42.6 Å². The summed E-state index contributed by atoms with van der Waals surface area (Å²) in [6, 6.07) is 7.48. The van der Waals surface area contributed by atoms with E-state index in [1.165, 1.54) is 0 Å². The third-order valence-electron chi connectivity index (χ3n) is 4.18. The highest BCUT2D eigenvalue weighted by atomic mass is 16.5. The first-order chi connectivity index (χ1) is 13.6. The number of aromatic nitrogens is 4. The zero-order valence-corrected chi connectivity index (χ0v) is 16.2. The Hall–Kier alpha value is -3.60. The van der Waals surface area contributed by atoms with Crippen molar-refractivity contribution < 1.29 is 4.74 Å². The van der Waals surface area contributed by atoms with Crippen molar-refractivity contribution >= 4 is 23.1 Å². The molecule has 3 heterocycles. The molecule has 0 radical (unpaired) electrons. The van der Waals surface area contributed by atoms with E-state index in [1.807, 2.05) is 38.1 Å². The van der Waals surface area contributed by atoms with E-state index in [0.717, 1.165) is 29.1 Å². The van der Waals surface area contributed by atoms with Crippen LogP contribution in [0.3, 0.4) is 0 Å². The van der Waals surface area contributed by atoms with Gasteiger partial charge in [-0.15, -0.1) is 0 Å². The van der Waals surface area contributed by atoms with Crippen molar-refractivity contribution in [3.8, 4) is 5.75 Å². The Balaban J connectivity index is 1.67. The van der Waals surface area contributed by atoms with Gasteiger partial charge in [-0.25, -0.2) is 9.83 Å². The number of aryl methyl sites for hydroxylation is 3. The second kappa shape index (κ2) is 8.86. The Morgan fingerprint density at radius 3 is 2.82 bits per heavy atom. The average Bonchev–Trinajstić information content (AvgIpc) is 3.16. The first-order valence-electron chi connectivity index (χ1n) is 9.09. The van der Waals surface area contributed by atoms with Crippen LogP contribution >= 0.6 is 0 Å². The average molecular weight is 377 g/mol. The van der Waals surface area contributed by atoms with Crippen LogP contribution in [0.1, 0.15) is 23.9 Å². The Labute approximate surface area is 164 Å². The molecule has 0 spiro atoms. The minimum Gasteiger partial charge on any atom is -0.490 e. The first kappa shape index (κ1) is 19.2. The quantitative estimate of drug-likeness (QED) is 0.403. The Morgan fingerprint density at radius 2 is 2.11 bits per heavy atom. The molecule has 144 valence electrons. The van der Waals surface area contributed by atoms with Crippen LogP contribution in [0.5, 0.6) is 5.75 Å². The van der Waals surface area contributed by atoms with Gasteiger partial charge < -0.3 is 15.4 Å². The molecule has 28 heavy (non-hydrogen) atoms. The molecule has 0 saturated carbocycles. The molecule has 3 N–H and O–H groups in total. The number of H-pyrrole nitrogens is 1. The Kier molecular flexibility index (Phi) is 6.07. The van der Waals surface area contributed by atoms with Crippen LogP contribution in [-0.2, 0) is 6.42 Å². The number of pyridine rings is 2. The van der Waals surface area contributed by atoms with E-state index < -0.39 is 0 Å². The second-order valence-electron chi connectivity index (χ2n) is 6.25. The highest BCUT2D eigenvalue weighted by Crippen LogP contribution is 2.29. The zero-order chi connectivity index (χ0) is 19.9.